The Bertz CT molecular complexity index is 361. The van der Waals surface area contributed by atoms with Crippen LogP contribution in [0.5, 0.6) is 0 Å². The topological polar surface area (TPSA) is 37.3 Å². The van der Waals surface area contributed by atoms with Crippen LogP contribution in [-0.2, 0) is 5.41 Å². The van der Waals surface area contributed by atoms with Crippen molar-refractivity contribution in [3.63, 3.8) is 0 Å². The van der Waals surface area contributed by atoms with Crippen molar-refractivity contribution in [2.45, 2.75) is 25.7 Å². The molecule has 1 rings (SSSR count). The molecule has 1 N–H and O–H groups in total. The lowest BCUT2D eigenvalue weighted by Gasteiger charge is -2.23. The van der Waals surface area contributed by atoms with Gasteiger partial charge in [-0.3, -0.25) is 0 Å². The van der Waals surface area contributed by atoms with Gasteiger partial charge in [-0.2, -0.15) is 0 Å². The molecule has 0 spiro atoms. The summed E-state index contributed by atoms with van der Waals surface area (Å²) >= 11 is 0. The Kier molecular flexibility index (Phi) is 3.30. The first-order valence-electron chi connectivity index (χ1n) is 4.92. The second-order valence-corrected chi connectivity index (χ2v) is 4.26. The fraction of sp³-hybridized carbons (Fsp3) is 0.308. The maximum absolute atomic E-state index is 10.7. The molecule has 0 fully saturated rings. The SMILES string of the molecule is C=CCC(C)(C)c1ccc(C(=O)O)cc1. The van der Waals surface area contributed by atoms with Crippen LogP contribution in [0.15, 0.2) is 36.9 Å². The summed E-state index contributed by atoms with van der Waals surface area (Å²) in [5.41, 5.74) is 1.47. The Morgan fingerprint density at radius 3 is 2.33 bits per heavy atom. The quantitative estimate of drug-likeness (QED) is 0.764. The Morgan fingerprint density at radius 1 is 1.40 bits per heavy atom. The van der Waals surface area contributed by atoms with Gasteiger partial charge in [0.25, 0.3) is 0 Å². The number of allylic oxidation sites excluding steroid dienone is 1. The van der Waals surface area contributed by atoms with Gasteiger partial charge in [-0.1, -0.05) is 32.1 Å². The highest BCUT2D eigenvalue weighted by Crippen LogP contribution is 2.27. The van der Waals surface area contributed by atoms with Gasteiger partial charge in [0, 0.05) is 0 Å². The summed E-state index contributed by atoms with van der Waals surface area (Å²) in [4.78, 5) is 10.7. The van der Waals surface area contributed by atoms with Gasteiger partial charge in [0.1, 0.15) is 0 Å². The third-order valence-electron chi connectivity index (χ3n) is 2.57. The fourth-order valence-electron chi connectivity index (χ4n) is 1.54. The first-order chi connectivity index (χ1) is 6.97. The van der Waals surface area contributed by atoms with Crippen molar-refractivity contribution >= 4 is 5.97 Å². The van der Waals surface area contributed by atoms with Crippen LogP contribution < -0.4 is 0 Å². The van der Waals surface area contributed by atoms with Gasteiger partial charge in [-0.15, -0.1) is 6.58 Å². The van der Waals surface area contributed by atoms with Gasteiger partial charge >= 0.3 is 5.97 Å². The molecule has 0 aliphatic rings. The second kappa shape index (κ2) is 4.30. The number of rotatable bonds is 4. The number of aromatic carboxylic acids is 1. The van der Waals surface area contributed by atoms with Crippen LogP contribution in [0.2, 0.25) is 0 Å². The maximum atomic E-state index is 10.7. The highest BCUT2D eigenvalue weighted by molar-refractivity contribution is 5.87. The molecule has 0 saturated heterocycles. The van der Waals surface area contributed by atoms with Crippen LogP contribution in [0.1, 0.15) is 36.2 Å². The average molecular weight is 204 g/mol. The molecular formula is C13H16O2. The van der Waals surface area contributed by atoms with Crippen LogP contribution in [-0.4, -0.2) is 11.1 Å². The summed E-state index contributed by atoms with van der Waals surface area (Å²) in [5, 5.41) is 8.77. The van der Waals surface area contributed by atoms with E-state index in [0.29, 0.717) is 5.56 Å². The summed E-state index contributed by atoms with van der Waals surface area (Å²) in [6.07, 6.45) is 2.75. The van der Waals surface area contributed by atoms with Crippen molar-refractivity contribution < 1.29 is 9.90 Å². The largest absolute Gasteiger partial charge is 0.478 e. The molecule has 0 atom stereocenters. The van der Waals surface area contributed by atoms with E-state index < -0.39 is 5.97 Å². The lowest BCUT2D eigenvalue weighted by Crippen LogP contribution is -2.15. The molecule has 15 heavy (non-hydrogen) atoms. The molecule has 80 valence electrons. The Labute approximate surface area is 90.3 Å². The Balaban J connectivity index is 2.97. The van der Waals surface area contributed by atoms with Crippen molar-refractivity contribution in [3.8, 4) is 0 Å². The number of carboxylic acid groups (broad SMARTS) is 1. The zero-order valence-electron chi connectivity index (χ0n) is 9.16. The standard InChI is InChI=1S/C13H16O2/c1-4-9-13(2,3)11-7-5-10(6-8-11)12(14)15/h4-8H,1,9H2,2-3H3,(H,14,15). The van der Waals surface area contributed by atoms with Gasteiger partial charge in [0.2, 0.25) is 0 Å². The minimum atomic E-state index is -0.886. The first-order valence-corrected chi connectivity index (χ1v) is 4.92. The van der Waals surface area contributed by atoms with Crippen molar-refractivity contribution in [1.29, 1.82) is 0 Å². The maximum Gasteiger partial charge on any atom is 0.335 e. The number of hydrogen-bond acceptors (Lipinski definition) is 1. The number of carboxylic acids is 1. The summed E-state index contributed by atoms with van der Waals surface area (Å²) in [5.74, 6) is -0.886. The van der Waals surface area contributed by atoms with Crippen molar-refractivity contribution in [2.75, 3.05) is 0 Å². The van der Waals surface area contributed by atoms with E-state index >= 15 is 0 Å². The van der Waals surface area contributed by atoms with Gasteiger partial charge in [-0.25, -0.2) is 4.79 Å². The summed E-state index contributed by atoms with van der Waals surface area (Å²) in [7, 11) is 0. The van der Waals surface area contributed by atoms with Crippen LogP contribution in [0, 0.1) is 0 Å². The molecule has 0 bridgehead atoms. The first kappa shape index (κ1) is 11.5. The van der Waals surface area contributed by atoms with E-state index in [1.165, 1.54) is 0 Å². The van der Waals surface area contributed by atoms with E-state index in [0.717, 1.165) is 12.0 Å². The molecule has 0 saturated carbocycles. The third kappa shape index (κ3) is 2.69. The molecule has 1 aromatic carbocycles. The van der Waals surface area contributed by atoms with Crippen molar-refractivity contribution in [1.82, 2.24) is 0 Å². The van der Waals surface area contributed by atoms with E-state index in [9.17, 15) is 4.79 Å². The number of hydrogen-bond donors (Lipinski definition) is 1. The molecule has 0 aliphatic carbocycles. The minimum absolute atomic E-state index is 0.0127. The monoisotopic (exact) mass is 204 g/mol. The summed E-state index contributed by atoms with van der Waals surface area (Å²) < 4.78 is 0. The van der Waals surface area contributed by atoms with E-state index in [4.69, 9.17) is 5.11 Å². The third-order valence-corrected chi connectivity index (χ3v) is 2.57. The predicted molar refractivity (Wildman–Crippen MR) is 61.2 cm³/mol. The van der Waals surface area contributed by atoms with E-state index in [-0.39, 0.29) is 5.41 Å². The summed E-state index contributed by atoms with van der Waals surface area (Å²) in [6.45, 7) is 7.95. The second-order valence-electron chi connectivity index (χ2n) is 4.26. The van der Waals surface area contributed by atoms with Crippen LogP contribution in [0.4, 0.5) is 0 Å². The Hall–Kier alpha value is -1.57. The van der Waals surface area contributed by atoms with E-state index in [1.807, 2.05) is 18.2 Å². The van der Waals surface area contributed by atoms with Crippen LogP contribution in [0.25, 0.3) is 0 Å². The lowest BCUT2D eigenvalue weighted by atomic mass is 9.81. The molecule has 0 amide bonds. The normalized spacial score (nSPS) is 11.1. The molecule has 2 heteroatoms. The minimum Gasteiger partial charge on any atom is -0.478 e. The average Bonchev–Trinajstić information content (AvgIpc) is 2.18. The molecule has 0 unspecified atom stereocenters. The molecule has 0 aromatic heterocycles. The highest BCUT2D eigenvalue weighted by atomic mass is 16.4. The predicted octanol–water partition coefficient (Wildman–Crippen LogP) is 3.24. The van der Waals surface area contributed by atoms with Gasteiger partial charge in [0.05, 0.1) is 5.56 Å². The van der Waals surface area contributed by atoms with Gasteiger partial charge in [-0.05, 0) is 29.5 Å². The zero-order chi connectivity index (χ0) is 11.5. The number of carbonyl (C=O) groups is 1. The van der Waals surface area contributed by atoms with E-state index in [1.54, 1.807) is 12.1 Å². The van der Waals surface area contributed by atoms with Crippen molar-refractivity contribution in [3.05, 3.63) is 48.0 Å². The van der Waals surface area contributed by atoms with Crippen molar-refractivity contribution in [2.24, 2.45) is 0 Å². The van der Waals surface area contributed by atoms with E-state index in [2.05, 4.69) is 20.4 Å². The molecule has 2 nitrogen and oxygen atoms in total. The van der Waals surface area contributed by atoms with Gasteiger partial charge < -0.3 is 5.11 Å². The number of benzene rings is 1. The zero-order valence-corrected chi connectivity index (χ0v) is 9.16. The fourth-order valence-corrected chi connectivity index (χ4v) is 1.54. The van der Waals surface area contributed by atoms with Crippen LogP contribution in [0.3, 0.4) is 0 Å². The van der Waals surface area contributed by atoms with Crippen LogP contribution >= 0.6 is 0 Å². The molecule has 1 aromatic rings. The highest BCUT2D eigenvalue weighted by Gasteiger charge is 2.18. The Morgan fingerprint density at radius 2 is 1.93 bits per heavy atom. The molecular weight excluding hydrogens is 188 g/mol. The smallest absolute Gasteiger partial charge is 0.335 e. The molecule has 0 aliphatic heterocycles. The summed E-state index contributed by atoms with van der Waals surface area (Å²) in [6, 6.07) is 7.02. The molecule has 0 radical (unpaired) electrons. The van der Waals surface area contributed by atoms with Gasteiger partial charge in [0.15, 0.2) is 0 Å². The molecule has 0 heterocycles. The lowest BCUT2D eigenvalue weighted by molar-refractivity contribution is 0.0697.